The molecule has 0 saturated carbocycles. The minimum Gasteiger partial charge on any atom is -0.332 e. The minimum atomic E-state index is -0.494. The number of hydrogen-bond acceptors (Lipinski definition) is 3. The largest absolute Gasteiger partial charge is 0.332 e. The molecule has 0 atom stereocenters. The van der Waals surface area contributed by atoms with E-state index in [0.29, 0.717) is 13.1 Å². The van der Waals surface area contributed by atoms with Crippen molar-refractivity contribution in [3.8, 4) is 0 Å². The Balaban J connectivity index is 1.79. The first-order chi connectivity index (χ1) is 15.7. The molecule has 2 amide bonds. The van der Waals surface area contributed by atoms with Gasteiger partial charge in [-0.05, 0) is 57.0 Å². The number of aryl methyl sites for hydroxylation is 1. The molecule has 5 heteroatoms. The molecular formula is C28H32N2O2S. The molecule has 4 nitrogen and oxygen atoms in total. The van der Waals surface area contributed by atoms with Crippen molar-refractivity contribution in [3.05, 3.63) is 99.8 Å². The second-order valence-corrected chi connectivity index (χ2v) is 10.5. The summed E-state index contributed by atoms with van der Waals surface area (Å²) < 4.78 is 0. The minimum absolute atomic E-state index is 0.0264. The standard InChI is InChI=1S/C28H32N2O2S/c1-22-15-17-25(33-22)20-29(19-24-13-9-6-10-14-24)27(32)21-30(28(2,3)4)26(31)18-16-23-11-7-5-8-12-23/h5-18H,19-21H2,1-4H3. The topological polar surface area (TPSA) is 40.6 Å². The van der Waals surface area contributed by atoms with E-state index in [2.05, 4.69) is 19.1 Å². The molecular weight excluding hydrogens is 428 g/mol. The Bertz CT molecular complexity index is 1080. The first kappa shape index (κ1) is 24.5. The average molecular weight is 461 g/mol. The SMILES string of the molecule is Cc1ccc(CN(Cc2ccccc2)C(=O)CN(C(=O)C=Cc2ccccc2)C(C)(C)C)s1. The molecule has 33 heavy (non-hydrogen) atoms. The third-order valence-corrected chi connectivity index (χ3v) is 6.28. The van der Waals surface area contributed by atoms with Crippen LogP contribution in [0.3, 0.4) is 0 Å². The monoisotopic (exact) mass is 460 g/mol. The number of carbonyl (C=O) groups excluding carboxylic acids is 2. The van der Waals surface area contributed by atoms with Crippen molar-refractivity contribution in [2.45, 2.75) is 46.3 Å². The van der Waals surface area contributed by atoms with Crippen LogP contribution in [0, 0.1) is 6.92 Å². The molecule has 0 N–H and O–H groups in total. The van der Waals surface area contributed by atoms with Crippen molar-refractivity contribution in [2.75, 3.05) is 6.54 Å². The van der Waals surface area contributed by atoms with E-state index in [-0.39, 0.29) is 18.4 Å². The molecule has 0 aliphatic rings. The maximum Gasteiger partial charge on any atom is 0.247 e. The van der Waals surface area contributed by atoms with Crippen LogP contribution in [0.5, 0.6) is 0 Å². The van der Waals surface area contributed by atoms with Crippen LogP contribution >= 0.6 is 11.3 Å². The smallest absolute Gasteiger partial charge is 0.247 e. The highest BCUT2D eigenvalue weighted by molar-refractivity contribution is 7.11. The molecule has 1 aromatic heterocycles. The Labute approximate surface area is 201 Å². The van der Waals surface area contributed by atoms with Gasteiger partial charge in [0.2, 0.25) is 11.8 Å². The van der Waals surface area contributed by atoms with E-state index >= 15 is 0 Å². The van der Waals surface area contributed by atoms with Gasteiger partial charge in [-0.25, -0.2) is 0 Å². The fraction of sp³-hybridized carbons (Fsp3) is 0.286. The molecule has 1 heterocycles. The van der Waals surface area contributed by atoms with Gasteiger partial charge in [-0.1, -0.05) is 60.7 Å². The van der Waals surface area contributed by atoms with Crippen molar-refractivity contribution in [1.82, 2.24) is 9.80 Å². The van der Waals surface area contributed by atoms with Gasteiger partial charge < -0.3 is 9.80 Å². The molecule has 0 aliphatic carbocycles. The van der Waals surface area contributed by atoms with Gasteiger partial charge in [-0.3, -0.25) is 9.59 Å². The second-order valence-electron chi connectivity index (χ2n) is 9.09. The van der Waals surface area contributed by atoms with Crippen LogP contribution in [-0.2, 0) is 22.7 Å². The van der Waals surface area contributed by atoms with Crippen LogP contribution in [0.15, 0.2) is 78.9 Å². The van der Waals surface area contributed by atoms with E-state index in [1.165, 1.54) is 4.88 Å². The second kappa shape index (κ2) is 11.1. The number of nitrogens with zero attached hydrogens (tertiary/aromatic N) is 2. The van der Waals surface area contributed by atoms with Crippen molar-refractivity contribution in [3.63, 3.8) is 0 Å². The van der Waals surface area contributed by atoms with Gasteiger partial charge in [-0.2, -0.15) is 0 Å². The van der Waals surface area contributed by atoms with Crippen LogP contribution in [0.1, 0.15) is 41.7 Å². The normalized spacial score (nSPS) is 11.5. The molecule has 0 unspecified atom stereocenters. The summed E-state index contributed by atoms with van der Waals surface area (Å²) in [6, 6.07) is 23.8. The van der Waals surface area contributed by atoms with E-state index in [1.54, 1.807) is 28.4 Å². The first-order valence-electron chi connectivity index (χ1n) is 11.1. The zero-order valence-electron chi connectivity index (χ0n) is 19.8. The van der Waals surface area contributed by atoms with Crippen molar-refractivity contribution >= 4 is 29.2 Å². The first-order valence-corrected chi connectivity index (χ1v) is 12.0. The number of amides is 2. The summed E-state index contributed by atoms with van der Waals surface area (Å²) in [5.74, 6) is -0.243. The summed E-state index contributed by atoms with van der Waals surface area (Å²) in [5.41, 5.74) is 1.52. The predicted octanol–water partition coefficient (Wildman–Crippen LogP) is 5.93. The lowest BCUT2D eigenvalue weighted by atomic mass is 10.1. The predicted molar refractivity (Wildman–Crippen MR) is 137 cm³/mol. The molecule has 0 aliphatic heterocycles. The maximum absolute atomic E-state index is 13.5. The summed E-state index contributed by atoms with van der Waals surface area (Å²) in [7, 11) is 0. The van der Waals surface area contributed by atoms with Crippen molar-refractivity contribution in [2.24, 2.45) is 0 Å². The molecule has 0 saturated heterocycles. The lowest BCUT2D eigenvalue weighted by Crippen LogP contribution is -2.50. The van der Waals surface area contributed by atoms with E-state index in [9.17, 15) is 9.59 Å². The third kappa shape index (κ3) is 7.43. The van der Waals surface area contributed by atoms with Crippen molar-refractivity contribution < 1.29 is 9.59 Å². The van der Waals surface area contributed by atoms with Crippen LogP contribution in [0.25, 0.3) is 6.08 Å². The number of carbonyl (C=O) groups is 2. The molecule has 3 aromatic rings. The summed E-state index contributed by atoms with van der Waals surface area (Å²) in [6.07, 6.45) is 3.35. The van der Waals surface area contributed by atoms with E-state index in [4.69, 9.17) is 0 Å². The molecule has 2 aromatic carbocycles. The molecule has 0 spiro atoms. The molecule has 0 radical (unpaired) electrons. The number of hydrogen-bond donors (Lipinski definition) is 0. The Morgan fingerprint density at radius 2 is 1.52 bits per heavy atom. The quantitative estimate of drug-likeness (QED) is 0.391. The molecule has 0 bridgehead atoms. The molecule has 3 rings (SSSR count). The molecule has 0 fully saturated rings. The number of rotatable bonds is 8. The fourth-order valence-electron chi connectivity index (χ4n) is 3.50. The Morgan fingerprint density at radius 1 is 0.879 bits per heavy atom. The van der Waals surface area contributed by atoms with Gasteiger partial charge >= 0.3 is 0 Å². The van der Waals surface area contributed by atoms with Gasteiger partial charge in [0.25, 0.3) is 0 Å². The van der Waals surface area contributed by atoms with Gasteiger partial charge in [0.05, 0.1) is 6.54 Å². The van der Waals surface area contributed by atoms with E-state index in [1.807, 2.05) is 86.3 Å². The van der Waals surface area contributed by atoms with Crippen LogP contribution in [0.2, 0.25) is 0 Å². The average Bonchev–Trinajstić information content (AvgIpc) is 3.20. The van der Waals surface area contributed by atoms with Crippen LogP contribution in [-0.4, -0.2) is 33.7 Å². The van der Waals surface area contributed by atoms with Crippen molar-refractivity contribution in [1.29, 1.82) is 0 Å². The zero-order valence-corrected chi connectivity index (χ0v) is 20.6. The summed E-state index contributed by atoms with van der Waals surface area (Å²) in [6.45, 7) is 8.99. The van der Waals surface area contributed by atoms with Gasteiger partial charge in [0.1, 0.15) is 6.54 Å². The lowest BCUT2D eigenvalue weighted by molar-refractivity contribution is -0.142. The third-order valence-electron chi connectivity index (χ3n) is 5.30. The molecule has 172 valence electrons. The van der Waals surface area contributed by atoms with E-state index < -0.39 is 5.54 Å². The van der Waals surface area contributed by atoms with E-state index in [0.717, 1.165) is 16.0 Å². The van der Waals surface area contributed by atoms with Gasteiger partial charge in [-0.15, -0.1) is 11.3 Å². The highest BCUT2D eigenvalue weighted by Crippen LogP contribution is 2.20. The highest BCUT2D eigenvalue weighted by atomic mass is 32.1. The Hall–Kier alpha value is -3.18. The Kier molecular flexibility index (Phi) is 8.23. The number of thiophene rings is 1. The summed E-state index contributed by atoms with van der Waals surface area (Å²) in [5, 5.41) is 0. The number of benzene rings is 2. The van der Waals surface area contributed by atoms with Gasteiger partial charge in [0.15, 0.2) is 0 Å². The van der Waals surface area contributed by atoms with Crippen LogP contribution < -0.4 is 0 Å². The summed E-state index contributed by atoms with van der Waals surface area (Å²) >= 11 is 1.69. The lowest BCUT2D eigenvalue weighted by Gasteiger charge is -2.36. The maximum atomic E-state index is 13.5. The Morgan fingerprint density at radius 3 is 2.09 bits per heavy atom. The summed E-state index contributed by atoms with van der Waals surface area (Å²) in [4.78, 5) is 32.5. The van der Waals surface area contributed by atoms with Gasteiger partial charge in [0, 0.05) is 27.9 Å². The van der Waals surface area contributed by atoms with Crippen LogP contribution in [0.4, 0.5) is 0 Å². The highest BCUT2D eigenvalue weighted by Gasteiger charge is 2.29. The fourth-order valence-corrected chi connectivity index (χ4v) is 4.40. The zero-order chi connectivity index (χ0) is 23.8.